The molecule has 2 rings (SSSR count). The van der Waals surface area contributed by atoms with E-state index >= 15 is 0 Å². The molecule has 0 aliphatic carbocycles. The van der Waals surface area contributed by atoms with Crippen LogP contribution >= 0.6 is 27.5 Å². The molecule has 0 fully saturated rings. The molecule has 2 N–H and O–H groups in total. The van der Waals surface area contributed by atoms with Crippen molar-refractivity contribution in [3.05, 3.63) is 46.2 Å². The highest BCUT2D eigenvalue weighted by atomic mass is 79.9. The number of rotatable bonds is 3. The zero-order valence-electron chi connectivity index (χ0n) is 9.95. The third kappa shape index (κ3) is 2.31. The van der Waals surface area contributed by atoms with Crippen molar-refractivity contribution in [1.82, 2.24) is 9.55 Å². The largest absolute Gasteiger partial charge is 0.383 e. The van der Waals surface area contributed by atoms with Crippen LogP contribution in [-0.4, -0.2) is 9.55 Å². The number of allylic oxidation sites excluding steroid dienone is 1. The molecule has 0 unspecified atom stereocenters. The Morgan fingerprint density at radius 3 is 2.89 bits per heavy atom. The standard InChI is InChI=1S/C13H13BrClN3/c1-3-6-18-8(2)17-12(13(18)16)9-4-5-10(14)11(15)7-9/h3-5,7H,1,6,16H2,2H3. The topological polar surface area (TPSA) is 43.8 Å². The minimum Gasteiger partial charge on any atom is -0.383 e. The van der Waals surface area contributed by atoms with E-state index in [2.05, 4.69) is 27.5 Å². The third-order valence-electron chi connectivity index (χ3n) is 2.70. The molecule has 0 aliphatic rings. The van der Waals surface area contributed by atoms with E-state index in [1.165, 1.54) is 0 Å². The number of nitrogens with two attached hydrogens (primary N) is 1. The molecular formula is C13H13BrClN3. The van der Waals surface area contributed by atoms with Crippen molar-refractivity contribution >= 4 is 33.3 Å². The number of halogens is 2. The first-order valence-electron chi connectivity index (χ1n) is 5.43. The molecule has 1 aromatic carbocycles. The molecule has 0 spiro atoms. The molecule has 0 atom stereocenters. The predicted octanol–water partition coefficient (Wildman–Crippen LogP) is 4.04. The number of hydrogen-bond acceptors (Lipinski definition) is 2. The molecule has 0 bridgehead atoms. The second-order valence-electron chi connectivity index (χ2n) is 3.92. The zero-order chi connectivity index (χ0) is 13.3. The number of hydrogen-bond donors (Lipinski definition) is 1. The van der Waals surface area contributed by atoms with Crippen molar-refractivity contribution in [2.45, 2.75) is 13.5 Å². The number of benzene rings is 1. The van der Waals surface area contributed by atoms with Crippen molar-refractivity contribution in [2.75, 3.05) is 5.73 Å². The summed E-state index contributed by atoms with van der Waals surface area (Å²) in [6.45, 7) is 6.28. The van der Waals surface area contributed by atoms with Crippen molar-refractivity contribution in [3.8, 4) is 11.3 Å². The lowest BCUT2D eigenvalue weighted by Crippen LogP contribution is -2.03. The second-order valence-corrected chi connectivity index (χ2v) is 5.18. The second kappa shape index (κ2) is 5.16. The number of aromatic nitrogens is 2. The Balaban J connectivity index is 2.54. The lowest BCUT2D eigenvalue weighted by molar-refractivity contribution is 0.792. The zero-order valence-corrected chi connectivity index (χ0v) is 12.3. The van der Waals surface area contributed by atoms with Gasteiger partial charge in [-0.2, -0.15) is 0 Å². The molecule has 0 saturated carbocycles. The van der Waals surface area contributed by atoms with E-state index < -0.39 is 0 Å². The maximum Gasteiger partial charge on any atom is 0.132 e. The summed E-state index contributed by atoms with van der Waals surface area (Å²) in [5.41, 5.74) is 7.77. The van der Waals surface area contributed by atoms with Crippen LogP contribution in [-0.2, 0) is 6.54 Å². The fourth-order valence-corrected chi connectivity index (χ4v) is 2.22. The number of nitrogen functional groups attached to an aromatic ring is 1. The summed E-state index contributed by atoms with van der Waals surface area (Å²) in [5, 5.41) is 0.642. The average Bonchev–Trinajstić information content (AvgIpc) is 2.61. The van der Waals surface area contributed by atoms with Gasteiger partial charge in [-0.3, -0.25) is 0 Å². The molecule has 0 aliphatic heterocycles. The predicted molar refractivity (Wildman–Crippen MR) is 79.7 cm³/mol. The molecule has 0 radical (unpaired) electrons. The van der Waals surface area contributed by atoms with Crippen LogP contribution in [0.1, 0.15) is 5.82 Å². The average molecular weight is 327 g/mol. The Bertz CT molecular complexity index is 605. The highest BCUT2D eigenvalue weighted by Crippen LogP contribution is 2.31. The van der Waals surface area contributed by atoms with E-state index in [1.54, 1.807) is 6.08 Å². The fraction of sp³-hybridized carbons (Fsp3) is 0.154. The first kappa shape index (κ1) is 13.2. The molecule has 3 nitrogen and oxygen atoms in total. The lowest BCUT2D eigenvalue weighted by atomic mass is 10.1. The monoisotopic (exact) mass is 325 g/mol. The maximum absolute atomic E-state index is 6.11. The van der Waals surface area contributed by atoms with Crippen molar-refractivity contribution < 1.29 is 0 Å². The Kier molecular flexibility index (Phi) is 3.78. The van der Waals surface area contributed by atoms with Crippen molar-refractivity contribution in [1.29, 1.82) is 0 Å². The summed E-state index contributed by atoms with van der Waals surface area (Å²) < 4.78 is 2.77. The van der Waals surface area contributed by atoms with Gasteiger partial charge in [0.05, 0.1) is 5.02 Å². The van der Waals surface area contributed by atoms with Gasteiger partial charge < -0.3 is 10.3 Å². The molecule has 5 heteroatoms. The Hall–Kier alpha value is -1.26. The Labute approximate surface area is 119 Å². The molecule has 1 heterocycles. The SMILES string of the molecule is C=CCn1c(C)nc(-c2ccc(Br)c(Cl)c2)c1N. The molecule has 1 aromatic heterocycles. The van der Waals surface area contributed by atoms with E-state index in [1.807, 2.05) is 29.7 Å². The summed E-state index contributed by atoms with van der Waals surface area (Å²) in [4.78, 5) is 4.49. The number of nitrogens with zero attached hydrogens (tertiary/aromatic N) is 2. The molecule has 0 amide bonds. The normalized spacial score (nSPS) is 10.6. The first-order chi connectivity index (χ1) is 8.54. The molecule has 2 aromatic rings. The van der Waals surface area contributed by atoms with Gasteiger partial charge in [0.1, 0.15) is 17.3 Å². The maximum atomic E-state index is 6.11. The van der Waals surface area contributed by atoms with Crippen LogP contribution in [0.25, 0.3) is 11.3 Å². The van der Waals surface area contributed by atoms with Crippen LogP contribution in [0.4, 0.5) is 5.82 Å². The van der Waals surface area contributed by atoms with E-state index in [9.17, 15) is 0 Å². The number of aryl methyl sites for hydroxylation is 1. The van der Waals surface area contributed by atoms with Gasteiger partial charge in [-0.25, -0.2) is 4.98 Å². The van der Waals surface area contributed by atoms with Gasteiger partial charge in [-0.15, -0.1) is 6.58 Å². The Morgan fingerprint density at radius 2 is 2.28 bits per heavy atom. The van der Waals surface area contributed by atoms with Gasteiger partial charge >= 0.3 is 0 Å². The fourth-order valence-electron chi connectivity index (χ4n) is 1.80. The first-order valence-corrected chi connectivity index (χ1v) is 6.60. The molecule has 0 saturated heterocycles. The third-order valence-corrected chi connectivity index (χ3v) is 3.93. The quantitative estimate of drug-likeness (QED) is 0.865. The van der Waals surface area contributed by atoms with Crippen molar-refractivity contribution in [2.24, 2.45) is 0 Å². The number of anilines is 1. The van der Waals surface area contributed by atoms with E-state index in [4.69, 9.17) is 17.3 Å². The summed E-state index contributed by atoms with van der Waals surface area (Å²) in [6, 6.07) is 5.67. The lowest BCUT2D eigenvalue weighted by Gasteiger charge is -2.04. The van der Waals surface area contributed by atoms with Crippen LogP contribution in [0, 0.1) is 6.92 Å². The van der Waals surface area contributed by atoms with Gasteiger partial charge in [0, 0.05) is 16.6 Å². The van der Waals surface area contributed by atoms with Crippen LogP contribution in [0.3, 0.4) is 0 Å². The van der Waals surface area contributed by atoms with Crippen LogP contribution < -0.4 is 5.73 Å². The summed E-state index contributed by atoms with van der Waals surface area (Å²) in [6.07, 6.45) is 1.80. The highest BCUT2D eigenvalue weighted by molar-refractivity contribution is 9.10. The summed E-state index contributed by atoms with van der Waals surface area (Å²) >= 11 is 9.45. The highest BCUT2D eigenvalue weighted by Gasteiger charge is 2.13. The minimum absolute atomic E-state index is 0.630. The van der Waals surface area contributed by atoms with Gasteiger partial charge in [0.15, 0.2) is 0 Å². The van der Waals surface area contributed by atoms with E-state index in [-0.39, 0.29) is 0 Å². The van der Waals surface area contributed by atoms with Crippen LogP contribution in [0.2, 0.25) is 5.02 Å². The molecule has 94 valence electrons. The van der Waals surface area contributed by atoms with Gasteiger partial charge in [0.25, 0.3) is 0 Å². The van der Waals surface area contributed by atoms with Crippen LogP contribution in [0.5, 0.6) is 0 Å². The minimum atomic E-state index is 0.630. The number of imidazole rings is 1. The smallest absolute Gasteiger partial charge is 0.132 e. The summed E-state index contributed by atoms with van der Waals surface area (Å²) in [7, 11) is 0. The Morgan fingerprint density at radius 1 is 1.56 bits per heavy atom. The van der Waals surface area contributed by atoms with Gasteiger partial charge in [-0.1, -0.05) is 23.7 Å². The van der Waals surface area contributed by atoms with Crippen LogP contribution in [0.15, 0.2) is 35.3 Å². The molecular weight excluding hydrogens is 314 g/mol. The van der Waals surface area contributed by atoms with Gasteiger partial charge in [-0.05, 0) is 35.0 Å². The van der Waals surface area contributed by atoms with Gasteiger partial charge in [0.2, 0.25) is 0 Å². The molecule has 18 heavy (non-hydrogen) atoms. The van der Waals surface area contributed by atoms with Crippen molar-refractivity contribution in [3.63, 3.8) is 0 Å². The summed E-state index contributed by atoms with van der Waals surface area (Å²) in [5.74, 6) is 1.49. The van der Waals surface area contributed by atoms with E-state index in [0.717, 1.165) is 21.6 Å². The van der Waals surface area contributed by atoms with E-state index in [0.29, 0.717) is 17.4 Å².